The topological polar surface area (TPSA) is 0 Å². The molecule has 0 saturated carbocycles. The SMILES string of the molecule is [Co].[Mo].[Ni].[P]. The molecule has 4 heteroatoms. The van der Waals surface area contributed by atoms with Crippen LogP contribution >= 0.6 is 9.90 Å². The monoisotopic (exact) mass is 246 g/mol. The molecule has 0 fully saturated rings. The van der Waals surface area contributed by atoms with Gasteiger partial charge in [-0.15, -0.1) is 0 Å². The molecule has 0 aliphatic rings. The second-order valence-corrected chi connectivity index (χ2v) is 0. The molecule has 0 heterocycles. The standard InChI is InChI=1S/Co.Mo.Ni.P. The van der Waals surface area contributed by atoms with Gasteiger partial charge in [-0.3, -0.25) is 0 Å². The van der Waals surface area contributed by atoms with Crippen LogP contribution in [0.15, 0.2) is 0 Å². The van der Waals surface area contributed by atoms with Crippen LogP contribution in [0.5, 0.6) is 0 Å². The van der Waals surface area contributed by atoms with Gasteiger partial charge < -0.3 is 0 Å². The van der Waals surface area contributed by atoms with E-state index in [0.717, 1.165) is 0 Å². The fourth-order valence-electron chi connectivity index (χ4n) is 0. The smallest absolute Gasteiger partial charge is 0 e. The van der Waals surface area contributed by atoms with Crippen molar-refractivity contribution in [3.8, 4) is 0 Å². The van der Waals surface area contributed by atoms with Gasteiger partial charge in [-0.05, 0) is 0 Å². The van der Waals surface area contributed by atoms with Crippen LogP contribution in [0.1, 0.15) is 0 Å². The zero-order valence-corrected chi connectivity index (χ0v) is 6.44. The summed E-state index contributed by atoms with van der Waals surface area (Å²) in [6.07, 6.45) is 0. The average Bonchev–Trinajstić information content (AvgIpc) is 0. The summed E-state index contributed by atoms with van der Waals surface area (Å²) in [5.74, 6) is 0. The first-order valence-corrected chi connectivity index (χ1v) is 0. The second-order valence-electron chi connectivity index (χ2n) is 0. The first-order chi connectivity index (χ1) is 0. The van der Waals surface area contributed by atoms with Crippen LogP contribution in [-0.4, -0.2) is 0 Å². The third-order valence-corrected chi connectivity index (χ3v) is 0. The van der Waals surface area contributed by atoms with Gasteiger partial charge in [-0.2, -0.15) is 0 Å². The Labute approximate surface area is 63.9 Å². The summed E-state index contributed by atoms with van der Waals surface area (Å²) in [5.41, 5.74) is 0. The average molecular weight is 245 g/mol. The van der Waals surface area contributed by atoms with Crippen LogP contribution in [0.3, 0.4) is 0 Å². The summed E-state index contributed by atoms with van der Waals surface area (Å²) < 4.78 is 0. The van der Waals surface area contributed by atoms with E-state index in [1.54, 1.807) is 0 Å². The normalized spacial score (nSPS) is 0. The van der Waals surface area contributed by atoms with E-state index in [1.807, 2.05) is 0 Å². The molecule has 0 amide bonds. The van der Waals surface area contributed by atoms with E-state index in [9.17, 15) is 0 Å². The van der Waals surface area contributed by atoms with Crippen LogP contribution in [0.4, 0.5) is 0 Å². The Morgan fingerprint density at radius 3 is 1.00 bits per heavy atom. The van der Waals surface area contributed by atoms with Gasteiger partial charge in [0.05, 0.1) is 0 Å². The molecule has 0 spiro atoms. The zero-order valence-electron chi connectivity index (χ0n) is 1.51. The van der Waals surface area contributed by atoms with Crippen molar-refractivity contribution in [2.24, 2.45) is 0 Å². The van der Waals surface area contributed by atoms with E-state index in [-0.39, 0.29) is 64.2 Å². The Kier molecular flexibility index (Phi) is 173. The molecule has 0 aromatic carbocycles. The predicted molar refractivity (Wildman–Crippen MR) is 6.92 cm³/mol. The predicted octanol–water partition coefficient (Wildman–Crippen LogP) is 0.854. The first-order valence-electron chi connectivity index (χ1n) is 0. The molecule has 0 nitrogen and oxygen atoms in total. The van der Waals surface area contributed by atoms with Crippen molar-refractivity contribution in [3.63, 3.8) is 0 Å². The van der Waals surface area contributed by atoms with Gasteiger partial charge in [-0.25, -0.2) is 0 Å². The minimum Gasteiger partial charge on any atom is 0 e. The Morgan fingerprint density at radius 1 is 1.00 bits per heavy atom. The fraction of sp³-hybridized carbons (Fsp3) is 0. The Bertz CT molecular complexity index is 8.00. The molecular formula is CoMoNiP. The van der Waals surface area contributed by atoms with Gasteiger partial charge in [0.15, 0.2) is 0 Å². The summed E-state index contributed by atoms with van der Waals surface area (Å²) in [4.78, 5) is 0. The minimum absolute atomic E-state index is 0. The summed E-state index contributed by atoms with van der Waals surface area (Å²) in [5, 5.41) is 0. The molecule has 0 aliphatic heterocycles. The van der Waals surface area contributed by atoms with E-state index in [4.69, 9.17) is 0 Å². The second kappa shape index (κ2) is 19.3. The summed E-state index contributed by atoms with van der Waals surface area (Å²) in [6, 6.07) is 0. The maximum atomic E-state index is 0. The molecule has 0 unspecified atom stereocenters. The molecular weight excluding hydrogens is 245 g/mol. The maximum Gasteiger partial charge on any atom is 0 e. The maximum absolute atomic E-state index is 0. The van der Waals surface area contributed by atoms with Gasteiger partial charge in [0, 0.05) is 64.2 Å². The molecule has 4 radical (unpaired) electrons. The van der Waals surface area contributed by atoms with E-state index in [0.29, 0.717) is 0 Å². The van der Waals surface area contributed by atoms with Crippen LogP contribution in [0.25, 0.3) is 0 Å². The molecule has 0 N–H and O–H groups in total. The molecule has 0 saturated heterocycles. The molecule has 0 atom stereocenters. The molecule has 0 aromatic heterocycles. The molecule has 4 heavy (non-hydrogen) atoms. The zero-order chi connectivity index (χ0) is 0. The van der Waals surface area contributed by atoms with Crippen molar-refractivity contribution in [1.29, 1.82) is 0 Å². The van der Waals surface area contributed by atoms with Crippen molar-refractivity contribution >= 4 is 9.90 Å². The van der Waals surface area contributed by atoms with E-state index < -0.39 is 0 Å². The summed E-state index contributed by atoms with van der Waals surface area (Å²) in [6.45, 7) is 0. The third kappa shape index (κ3) is 8.92. The van der Waals surface area contributed by atoms with Crippen molar-refractivity contribution in [1.82, 2.24) is 0 Å². The van der Waals surface area contributed by atoms with Crippen LogP contribution < -0.4 is 0 Å². The van der Waals surface area contributed by atoms with Crippen molar-refractivity contribution < 1.29 is 54.3 Å². The minimum atomic E-state index is 0. The summed E-state index contributed by atoms with van der Waals surface area (Å²) >= 11 is 0. The molecule has 0 aromatic rings. The first kappa shape index (κ1) is 35.7. The Hall–Kier alpha value is 2.12. The van der Waals surface area contributed by atoms with Gasteiger partial charge in [0.1, 0.15) is 0 Å². The Balaban J connectivity index is 0. The van der Waals surface area contributed by atoms with E-state index in [2.05, 4.69) is 0 Å². The van der Waals surface area contributed by atoms with Crippen molar-refractivity contribution in [2.75, 3.05) is 0 Å². The van der Waals surface area contributed by atoms with E-state index >= 15 is 0 Å². The van der Waals surface area contributed by atoms with Crippen molar-refractivity contribution in [2.45, 2.75) is 0 Å². The molecule has 30 valence electrons. The van der Waals surface area contributed by atoms with Gasteiger partial charge in [0.25, 0.3) is 0 Å². The molecule has 0 rings (SSSR count). The molecule has 0 aliphatic carbocycles. The number of hydrogen-bond donors (Lipinski definition) is 0. The van der Waals surface area contributed by atoms with Gasteiger partial charge >= 0.3 is 0 Å². The number of rotatable bonds is 0. The third-order valence-electron chi connectivity index (χ3n) is 0. The van der Waals surface area contributed by atoms with Gasteiger partial charge in [0.2, 0.25) is 0 Å². The fourth-order valence-corrected chi connectivity index (χ4v) is 0. The van der Waals surface area contributed by atoms with Crippen LogP contribution in [0.2, 0.25) is 0 Å². The van der Waals surface area contributed by atoms with Crippen molar-refractivity contribution in [3.05, 3.63) is 0 Å². The number of hydrogen-bond acceptors (Lipinski definition) is 0. The molecule has 0 bridgehead atoms. The quantitative estimate of drug-likeness (QED) is 0.438. The largest absolute Gasteiger partial charge is 0 e. The van der Waals surface area contributed by atoms with Crippen LogP contribution in [-0.2, 0) is 54.3 Å². The van der Waals surface area contributed by atoms with Crippen LogP contribution in [0, 0.1) is 0 Å². The summed E-state index contributed by atoms with van der Waals surface area (Å²) in [7, 11) is 0. The van der Waals surface area contributed by atoms with E-state index in [1.165, 1.54) is 0 Å². The Morgan fingerprint density at radius 2 is 1.00 bits per heavy atom. The van der Waals surface area contributed by atoms with Gasteiger partial charge in [-0.1, -0.05) is 0 Å².